The van der Waals surface area contributed by atoms with Crippen LogP contribution in [0, 0.1) is 0 Å². The van der Waals surface area contributed by atoms with Gasteiger partial charge in [0, 0.05) is 31.2 Å². The molecule has 0 spiro atoms. The Hall–Kier alpha value is -0.980. The zero-order chi connectivity index (χ0) is 15.4. The standard InChI is InChI=1S/C15H21BrN2O3.ClH/c1-4-21-14-12(16)7-11(8-13(14)20-3)15(19)18-6-5-17-10(2)9-18;/h7-8,10,17H,4-6,9H2,1-3H3;1H. The summed E-state index contributed by atoms with van der Waals surface area (Å²) >= 11 is 3.46. The lowest BCUT2D eigenvalue weighted by Gasteiger charge is -2.32. The molecule has 5 nitrogen and oxygen atoms in total. The van der Waals surface area contributed by atoms with Gasteiger partial charge in [-0.1, -0.05) is 0 Å². The molecule has 0 bridgehead atoms. The summed E-state index contributed by atoms with van der Waals surface area (Å²) < 4.78 is 11.6. The molecule has 0 aromatic heterocycles. The summed E-state index contributed by atoms with van der Waals surface area (Å²) in [6, 6.07) is 3.85. The van der Waals surface area contributed by atoms with Crippen molar-refractivity contribution in [1.29, 1.82) is 0 Å². The molecule has 1 aliphatic heterocycles. The van der Waals surface area contributed by atoms with E-state index in [0.717, 1.165) is 17.6 Å². The minimum atomic E-state index is 0. The van der Waals surface area contributed by atoms with Gasteiger partial charge in [0.15, 0.2) is 11.5 Å². The number of hydrogen-bond donors (Lipinski definition) is 1. The fourth-order valence-corrected chi connectivity index (χ4v) is 2.98. The maximum absolute atomic E-state index is 12.6. The van der Waals surface area contributed by atoms with E-state index in [1.807, 2.05) is 11.8 Å². The molecule has 1 N–H and O–H groups in total. The average Bonchev–Trinajstić information content (AvgIpc) is 2.48. The van der Waals surface area contributed by atoms with Crippen LogP contribution in [0.2, 0.25) is 0 Å². The van der Waals surface area contributed by atoms with E-state index >= 15 is 0 Å². The summed E-state index contributed by atoms with van der Waals surface area (Å²) in [5, 5.41) is 3.33. The van der Waals surface area contributed by atoms with Crippen LogP contribution in [-0.4, -0.2) is 50.2 Å². The summed E-state index contributed by atoms with van der Waals surface area (Å²) in [6.07, 6.45) is 0. The topological polar surface area (TPSA) is 50.8 Å². The number of benzene rings is 1. The maximum Gasteiger partial charge on any atom is 0.254 e. The van der Waals surface area contributed by atoms with Gasteiger partial charge in [-0.2, -0.15) is 0 Å². The Balaban J connectivity index is 0.00000242. The van der Waals surface area contributed by atoms with Gasteiger partial charge in [0.2, 0.25) is 0 Å². The normalized spacial score (nSPS) is 17.6. The molecule has 1 atom stereocenters. The minimum absolute atomic E-state index is 0. The summed E-state index contributed by atoms with van der Waals surface area (Å²) in [6.45, 7) is 6.78. The van der Waals surface area contributed by atoms with Gasteiger partial charge in [-0.05, 0) is 41.9 Å². The molecule has 1 aromatic carbocycles. The fourth-order valence-electron chi connectivity index (χ4n) is 2.43. The smallest absolute Gasteiger partial charge is 0.254 e. The number of piperazine rings is 1. The number of ether oxygens (including phenoxy) is 2. The summed E-state index contributed by atoms with van der Waals surface area (Å²) in [5.74, 6) is 1.22. The van der Waals surface area contributed by atoms with Gasteiger partial charge >= 0.3 is 0 Å². The minimum Gasteiger partial charge on any atom is -0.493 e. The van der Waals surface area contributed by atoms with Gasteiger partial charge in [0.05, 0.1) is 18.2 Å². The molecule has 1 amide bonds. The molecule has 2 rings (SSSR count). The van der Waals surface area contributed by atoms with Gasteiger partial charge in [-0.25, -0.2) is 0 Å². The molecular formula is C15H22BrClN2O3. The van der Waals surface area contributed by atoms with E-state index in [9.17, 15) is 4.79 Å². The Kier molecular flexibility index (Phi) is 7.45. The van der Waals surface area contributed by atoms with Crippen LogP contribution in [0.25, 0.3) is 0 Å². The number of nitrogens with zero attached hydrogens (tertiary/aromatic N) is 1. The van der Waals surface area contributed by atoms with Gasteiger partial charge in [0.25, 0.3) is 5.91 Å². The first-order chi connectivity index (χ1) is 10.1. The Morgan fingerprint density at radius 1 is 1.50 bits per heavy atom. The molecule has 1 fully saturated rings. The second-order valence-corrected chi connectivity index (χ2v) is 5.88. The zero-order valence-corrected chi connectivity index (χ0v) is 15.4. The SMILES string of the molecule is CCOc1c(Br)cc(C(=O)N2CCNC(C)C2)cc1OC.Cl. The molecule has 1 heterocycles. The van der Waals surface area contributed by atoms with Crippen LogP contribution < -0.4 is 14.8 Å². The third kappa shape index (κ3) is 4.27. The lowest BCUT2D eigenvalue weighted by molar-refractivity contribution is 0.0708. The number of carbonyl (C=O) groups is 1. The van der Waals surface area contributed by atoms with Crippen molar-refractivity contribution in [2.75, 3.05) is 33.4 Å². The highest BCUT2D eigenvalue weighted by Gasteiger charge is 2.23. The lowest BCUT2D eigenvalue weighted by atomic mass is 10.1. The predicted molar refractivity (Wildman–Crippen MR) is 92.5 cm³/mol. The van der Waals surface area contributed by atoms with Crippen LogP contribution in [0.5, 0.6) is 11.5 Å². The molecule has 1 saturated heterocycles. The first-order valence-electron chi connectivity index (χ1n) is 7.09. The average molecular weight is 394 g/mol. The monoisotopic (exact) mass is 392 g/mol. The predicted octanol–water partition coefficient (Wildman–Crippen LogP) is 2.71. The van der Waals surface area contributed by atoms with Crippen molar-refractivity contribution in [3.8, 4) is 11.5 Å². The number of methoxy groups -OCH3 is 1. The van der Waals surface area contributed by atoms with E-state index in [0.29, 0.717) is 36.3 Å². The van der Waals surface area contributed by atoms with Crippen LogP contribution in [0.3, 0.4) is 0 Å². The number of rotatable bonds is 4. The van der Waals surface area contributed by atoms with Crippen LogP contribution in [0.15, 0.2) is 16.6 Å². The molecule has 1 aromatic rings. The molecule has 7 heteroatoms. The third-order valence-corrected chi connectivity index (χ3v) is 4.01. The molecular weight excluding hydrogens is 372 g/mol. The first kappa shape index (κ1) is 19.1. The van der Waals surface area contributed by atoms with Crippen molar-refractivity contribution in [2.45, 2.75) is 19.9 Å². The second-order valence-electron chi connectivity index (χ2n) is 5.03. The first-order valence-corrected chi connectivity index (χ1v) is 7.89. The number of carbonyl (C=O) groups excluding carboxylic acids is 1. The van der Waals surface area contributed by atoms with E-state index in [1.54, 1.807) is 19.2 Å². The van der Waals surface area contributed by atoms with E-state index in [4.69, 9.17) is 9.47 Å². The van der Waals surface area contributed by atoms with Crippen LogP contribution in [0.4, 0.5) is 0 Å². The van der Waals surface area contributed by atoms with E-state index in [2.05, 4.69) is 28.2 Å². The molecule has 0 aliphatic carbocycles. The zero-order valence-electron chi connectivity index (χ0n) is 13.0. The molecule has 0 radical (unpaired) electrons. The molecule has 0 saturated carbocycles. The van der Waals surface area contributed by atoms with Crippen molar-refractivity contribution >= 4 is 34.2 Å². The Labute approximate surface area is 145 Å². The Bertz CT molecular complexity index is 528. The summed E-state index contributed by atoms with van der Waals surface area (Å²) in [7, 11) is 1.57. The fraction of sp³-hybridized carbons (Fsp3) is 0.533. The summed E-state index contributed by atoms with van der Waals surface area (Å²) in [4.78, 5) is 14.5. The van der Waals surface area contributed by atoms with E-state index in [-0.39, 0.29) is 18.3 Å². The highest BCUT2D eigenvalue weighted by molar-refractivity contribution is 9.10. The van der Waals surface area contributed by atoms with Crippen molar-refractivity contribution in [2.24, 2.45) is 0 Å². The van der Waals surface area contributed by atoms with Crippen molar-refractivity contribution < 1.29 is 14.3 Å². The van der Waals surface area contributed by atoms with Crippen LogP contribution in [0.1, 0.15) is 24.2 Å². The van der Waals surface area contributed by atoms with Crippen LogP contribution >= 0.6 is 28.3 Å². The Morgan fingerprint density at radius 2 is 2.23 bits per heavy atom. The highest BCUT2D eigenvalue weighted by atomic mass is 79.9. The highest BCUT2D eigenvalue weighted by Crippen LogP contribution is 2.37. The Morgan fingerprint density at radius 3 is 2.82 bits per heavy atom. The van der Waals surface area contributed by atoms with Gasteiger partial charge in [-0.3, -0.25) is 4.79 Å². The second kappa shape index (κ2) is 8.60. The van der Waals surface area contributed by atoms with Crippen molar-refractivity contribution in [3.63, 3.8) is 0 Å². The van der Waals surface area contributed by atoms with E-state index in [1.165, 1.54) is 0 Å². The van der Waals surface area contributed by atoms with Crippen molar-refractivity contribution in [3.05, 3.63) is 22.2 Å². The van der Waals surface area contributed by atoms with E-state index < -0.39 is 0 Å². The van der Waals surface area contributed by atoms with Gasteiger partial charge in [0.1, 0.15) is 0 Å². The molecule has 22 heavy (non-hydrogen) atoms. The quantitative estimate of drug-likeness (QED) is 0.854. The maximum atomic E-state index is 12.6. The number of nitrogens with one attached hydrogen (secondary N) is 1. The number of amides is 1. The molecule has 1 aliphatic rings. The number of halogens is 2. The van der Waals surface area contributed by atoms with Gasteiger partial charge < -0.3 is 19.7 Å². The van der Waals surface area contributed by atoms with Crippen molar-refractivity contribution in [1.82, 2.24) is 10.2 Å². The van der Waals surface area contributed by atoms with Gasteiger partial charge in [-0.15, -0.1) is 12.4 Å². The van der Waals surface area contributed by atoms with Crippen LogP contribution in [-0.2, 0) is 0 Å². The molecule has 124 valence electrons. The largest absolute Gasteiger partial charge is 0.493 e. The molecule has 1 unspecified atom stereocenters. The number of hydrogen-bond acceptors (Lipinski definition) is 4. The third-order valence-electron chi connectivity index (χ3n) is 3.42. The lowest BCUT2D eigenvalue weighted by Crippen LogP contribution is -2.51. The summed E-state index contributed by atoms with van der Waals surface area (Å²) in [5.41, 5.74) is 0.608.